The van der Waals surface area contributed by atoms with Crippen LogP contribution in [0.4, 0.5) is 0 Å². The van der Waals surface area contributed by atoms with Gasteiger partial charge >= 0.3 is 0 Å². The zero-order valence-electron chi connectivity index (χ0n) is 10.8. The molecule has 0 amide bonds. The molecule has 4 heteroatoms. The number of aliphatic imine (C=N–C) groups is 2. The number of rotatable bonds is 3. The van der Waals surface area contributed by atoms with Crippen LogP contribution in [0.5, 0.6) is 0 Å². The Morgan fingerprint density at radius 2 is 2.11 bits per heavy atom. The number of allylic oxidation sites excluding steroid dienone is 3. The van der Waals surface area contributed by atoms with Gasteiger partial charge in [-0.1, -0.05) is 32.1 Å². The van der Waals surface area contributed by atoms with E-state index >= 15 is 0 Å². The second-order valence-corrected chi connectivity index (χ2v) is 5.17. The lowest BCUT2D eigenvalue weighted by molar-refractivity contribution is 0.271. The van der Waals surface area contributed by atoms with Gasteiger partial charge in [0.05, 0.1) is 6.04 Å². The van der Waals surface area contributed by atoms with Gasteiger partial charge in [0.2, 0.25) is 11.8 Å². The maximum Gasteiger partial charge on any atom is 0.213 e. The Kier molecular flexibility index (Phi) is 2.94. The van der Waals surface area contributed by atoms with E-state index in [1.54, 1.807) is 0 Å². The van der Waals surface area contributed by atoms with Crippen LogP contribution in [0.15, 0.2) is 33.8 Å². The largest absolute Gasteiger partial charge is 0.477 e. The summed E-state index contributed by atoms with van der Waals surface area (Å²) in [6.45, 7) is 5.56. The average Bonchev–Trinajstić information content (AvgIpc) is 3.10. The normalized spacial score (nSPS) is 30.1. The van der Waals surface area contributed by atoms with Crippen molar-refractivity contribution in [1.29, 1.82) is 0 Å². The first kappa shape index (κ1) is 11.5. The summed E-state index contributed by atoms with van der Waals surface area (Å²) in [5.41, 5.74) is 1.15. The first-order chi connectivity index (χ1) is 8.74. The highest BCUT2D eigenvalue weighted by molar-refractivity contribution is 5.99. The van der Waals surface area contributed by atoms with Crippen LogP contribution < -0.4 is 0 Å². The predicted octanol–water partition coefficient (Wildman–Crippen LogP) is 2.12. The van der Waals surface area contributed by atoms with E-state index in [2.05, 4.69) is 36.0 Å². The fraction of sp³-hybridized carbons (Fsp3) is 0.571. The Bertz CT molecular complexity index is 460. The standard InChI is InChI=1S/C14H18N2O2/c1-9(2)11-7-18-14(15-11)12-8-17-13(16-12)10-5-3-4-6-10/h3-5,9,11-12H,6-8H2,1-2H3/t11-,12?/m1/s1. The molecule has 0 saturated carbocycles. The third kappa shape index (κ3) is 2.07. The lowest BCUT2D eigenvalue weighted by atomic mass is 10.1. The highest BCUT2D eigenvalue weighted by Gasteiger charge is 2.32. The van der Waals surface area contributed by atoms with Crippen molar-refractivity contribution in [2.24, 2.45) is 15.9 Å². The monoisotopic (exact) mass is 246 g/mol. The van der Waals surface area contributed by atoms with Crippen LogP contribution in [0.1, 0.15) is 20.3 Å². The van der Waals surface area contributed by atoms with E-state index in [4.69, 9.17) is 9.47 Å². The lowest BCUT2D eigenvalue weighted by Crippen LogP contribution is -2.20. The molecule has 2 atom stereocenters. The third-order valence-corrected chi connectivity index (χ3v) is 3.45. The molecular weight excluding hydrogens is 228 g/mol. The Hall–Kier alpha value is -1.58. The molecule has 0 fully saturated rings. The maximum atomic E-state index is 5.65. The van der Waals surface area contributed by atoms with Crippen molar-refractivity contribution in [1.82, 2.24) is 0 Å². The predicted molar refractivity (Wildman–Crippen MR) is 71.0 cm³/mol. The van der Waals surface area contributed by atoms with Crippen LogP contribution in [0.25, 0.3) is 0 Å². The molecule has 0 aromatic heterocycles. The van der Waals surface area contributed by atoms with E-state index < -0.39 is 0 Å². The van der Waals surface area contributed by atoms with E-state index in [1.807, 2.05) is 6.08 Å². The number of hydrogen-bond donors (Lipinski definition) is 0. The van der Waals surface area contributed by atoms with E-state index in [1.165, 1.54) is 0 Å². The quantitative estimate of drug-likeness (QED) is 0.765. The van der Waals surface area contributed by atoms with Gasteiger partial charge in [0, 0.05) is 5.57 Å². The Morgan fingerprint density at radius 3 is 2.78 bits per heavy atom. The van der Waals surface area contributed by atoms with Gasteiger partial charge in [0.15, 0.2) is 6.04 Å². The summed E-state index contributed by atoms with van der Waals surface area (Å²) >= 11 is 0. The maximum absolute atomic E-state index is 5.65. The van der Waals surface area contributed by atoms with E-state index in [0.29, 0.717) is 19.1 Å². The number of ether oxygens (including phenoxy) is 2. The van der Waals surface area contributed by atoms with Crippen molar-refractivity contribution in [3.63, 3.8) is 0 Å². The van der Waals surface area contributed by atoms with Crippen LogP contribution in [0, 0.1) is 5.92 Å². The van der Waals surface area contributed by atoms with Crippen LogP contribution in [0.2, 0.25) is 0 Å². The van der Waals surface area contributed by atoms with Crippen molar-refractivity contribution in [3.8, 4) is 0 Å². The second kappa shape index (κ2) is 4.59. The molecule has 0 spiro atoms. The van der Waals surface area contributed by atoms with Crippen molar-refractivity contribution in [2.75, 3.05) is 13.2 Å². The molecule has 0 aromatic carbocycles. The smallest absolute Gasteiger partial charge is 0.213 e. The molecule has 1 aliphatic carbocycles. The van der Waals surface area contributed by atoms with E-state index in [-0.39, 0.29) is 12.1 Å². The van der Waals surface area contributed by atoms with Crippen molar-refractivity contribution in [2.45, 2.75) is 32.4 Å². The molecule has 96 valence electrons. The summed E-state index contributed by atoms with van der Waals surface area (Å²) in [6, 6.07) is 0.219. The zero-order chi connectivity index (χ0) is 12.5. The lowest BCUT2D eigenvalue weighted by Gasteiger charge is -2.06. The molecule has 0 saturated heterocycles. The highest BCUT2D eigenvalue weighted by atomic mass is 16.5. The molecule has 0 radical (unpaired) electrons. The zero-order valence-corrected chi connectivity index (χ0v) is 10.8. The molecule has 2 aliphatic heterocycles. The van der Waals surface area contributed by atoms with Gasteiger partial charge < -0.3 is 9.47 Å². The fourth-order valence-electron chi connectivity index (χ4n) is 2.21. The highest BCUT2D eigenvalue weighted by Crippen LogP contribution is 2.22. The fourth-order valence-corrected chi connectivity index (χ4v) is 2.21. The van der Waals surface area contributed by atoms with Crippen LogP contribution in [0.3, 0.4) is 0 Å². The molecule has 18 heavy (non-hydrogen) atoms. The van der Waals surface area contributed by atoms with Crippen LogP contribution >= 0.6 is 0 Å². The average molecular weight is 246 g/mol. The Balaban J connectivity index is 1.70. The molecule has 0 aromatic rings. The summed E-state index contributed by atoms with van der Waals surface area (Å²) < 4.78 is 11.3. The molecule has 2 heterocycles. The van der Waals surface area contributed by atoms with Gasteiger partial charge in [0.25, 0.3) is 0 Å². The van der Waals surface area contributed by atoms with Gasteiger partial charge in [-0.05, 0) is 12.3 Å². The second-order valence-electron chi connectivity index (χ2n) is 5.17. The minimum atomic E-state index is -0.0507. The molecule has 4 nitrogen and oxygen atoms in total. The first-order valence-corrected chi connectivity index (χ1v) is 6.51. The summed E-state index contributed by atoms with van der Waals surface area (Å²) in [5, 5.41) is 0. The summed E-state index contributed by atoms with van der Waals surface area (Å²) in [7, 11) is 0. The summed E-state index contributed by atoms with van der Waals surface area (Å²) in [5.74, 6) is 2.01. The van der Waals surface area contributed by atoms with Crippen LogP contribution in [-0.4, -0.2) is 37.1 Å². The molecule has 1 unspecified atom stereocenters. The Labute approximate surface area is 107 Å². The summed E-state index contributed by atoms with van der Waals surface area (Å²) in [6.07, 6.45) is 7.10. The van der Waals surface area contributed by atoms with Crippen molar-refractivity contribution >= 4 is 11.8 Å². The van der Waals surface area contributed by atoms with E-state index in [9.17, 15) is 0 Å². The van der Waals surface area contributed by atoms with Gasteiger partial charge in [-0.2, -0.15) is 0 Å². The SMILES string of the molecule is CC(C)[C@H]1COC(C2COC(C3=CC=CC3)=N2)=N1. The van der Waals surface area contributed by atoms with Crippen molar-refractivity contribution in [3.05, 3.63) is 23.8 Å². The Morgan fingerprint density at radius 1 is 1.22 bits per heavy atom. The van der Waals surface area contributed by atoms with Crippen molar-refractivity contribution < 1.29 is 9.47 Å². The third-order valence-electron chi connectivity index (χ3n) is 3.45. The number of nitrogens with zero attached hydrogens (tertiary/aromatic N) is 2. The van der Waals surface area contributed by atoms with E-state index in [0.717, 1.165) is 23.8 Å². The minimum absolute atomic E-state index is 0.0507. The molecule has 3 rings (SSSR count). The topological polar surface area (TPSA) is 43.2 Å². The van der Waals surface area contributed by atoms with Gasteiger partial charge in [0.1, 0.15) is 13.2 Å². The minimum Gasteiger partial charge on any atom is -0.477 e. The van der Waals surface area contributed by atoms with Gasteiger partial charge in [-0.15, -0.1) is 0 Å². The molecule has 0 N–H and O–H groups in total. The van der Waals surface area contributed by atoms with Gasteiger partial charge in [-0.25, -0.2) is 9.98 Å². The number of hydrogen-bond acceptors (Lipinski definition) is 4. The molecule has 0 bridgehead atoms. The summed E-state index contributed by atoms with van der Waals surface area (Å²) in [4.78, 5) is 9.18. The first-order valence-electron chi connectivity index (χ1n) is 6.51. The molecule has 3 aliphatic rings. The molecular formula is C14H18N2O2. The van der Waals surface area contributed by atoms with Gasteiger partial charge in [-0.3, -0.25) is 0 Å². The van der Waals surface area contributed by atoms with Crippen LogP contribution in [-0.2, 0) is 9.47 Å².